The summed E-state index contributed by atoms with van der Waals surface area (Å²) >= 11 is 4.98. The lowest BCUT2D eigenvalue weighted by atomic mass is 10.1. The monoisotopic (exact) mass is 263 g/mol. The number of hydrogen-bond acceptors (Lipinski definition) is 2. The molecule has 0 unspecified atom stereocenters. The van der Waals surface area contributed by atoms with Crippen LogP contribution in [-0.2, 0) is 13.0 Å². The van der Waals surface area contributed by atoms with Gasteiger partial charge in [-0.2, -0.15) is 0 Å². The first-order valence-corrected chi connectivity index (χ1v) is 6.11. The normalized spacial score (nSPS) is 10.6. The van der Waals surface area contributed by atoms with E-state index in [4.69, 9.17) is 18.0 Å². The molecule has 94 valence electrons. The number of hydrogen-bond donors (Lipinski definition) is 1. The van der Waals surface area contributed by atoms with E-state index in [-0.39, 0.29) is 10.8 Å². The fourth-order valence-electron chi connectivity index (χ4n) is 1.92. The largest absolute Gasteiger partial charge is 0.389 e. The Morgan fingerprint density at radius 2 is 2.28 bits per heavy atom. The molecule has 0 aliphatic heterocycles. The minimum Gasteiger partial charge on any atom is -0.389 e. The van der Waals surface area contributed by atoms with Crippen LogP contribution in [0, 0.1) is 5.82 Å². The maximum atomic E-state index is 13.3. The smallest absolute Gasteiger partial charge is 0.123 e. The third-order valence-corrected chi connectivity index (χ3v) is 3.01. The highest BCUT2D eigenvalue weighted by atomic mass is 32.1. The second kappa shape index (κ2) is 5.27. The minimum absolute atomic E-state index is 0.281. The molecule has 2 N–H and O–H groups in total. The van der Waals surface area contributed by atoms with Crippen LogP contribution >= 0.6 is 12.2 Å². The second-order valence-electron chi connectivity index (χ2n) is 3.99. The molecule has 0 amide bonds. The highest BCUT2D eigenvalue weighted by molar-refractivity contribution is 7.80. The van der Waals surface area contributed by atoms with Gasteiger partial charge in [-0.25, -0.2) is 9.37 Å². The Hall–Kier alpha value is -1.75. The van der Waals surface area contributed by atoms with Crippen molar-refractivity contribution in [1.82, 2.24) is 9.55 Å². The van der Waals surface area contributed by atoms with Crippen LogP contribution in [0.25, 0.3) is 0 Å². The Labute approximate surface area is 110 Å². The first kappa shape index (κ1) is 12.7. The molecule has 5 heteroatoms. The number of imidazole rings is 1. The Kier molecular flexibility index (Phi) is 3.72. The van der Waals surface area contributed by atoms with Gasteiger partial charge in [0.15, 0.2) is 0 Å². The first-order valence-electron chi connectivity index (χ1n) is 5.70. The molecule has 3 nitrogen and oxygen atoms in total. The molecule has 0 saturated carbocycles. The van der Waals surface area contributed by atoms with E-state index in [0.29, 0.717) is 12.1 Å². The summed E-state index contributed by atoms with van der Waals surface area (Å²) in [6, 6.07) is 4.45. The van der Waals surface area contributed by atoms with E-state index in [1.807, 2.05) is 17.7 Å². The number of nitrogens with two attached hydrogens (primary N) is 1. The van der Waals surface area contributed by atoms with Crippen LogP contribution in [-0.4, -0.2) is 14.5 Å². The molecule has 1 aromatic carbocycles. The van der Waals surface area contributed by atoms with E-state index in [1.165, 1.54) is 12.1 Å². The van der Waals surface area contributed by atoms with Gasteiger partial charge in [0.25, 0.3) is 0 Å². The lowest BCUT2D eigenvalue weighted by Gasteiger charge is -2.11. The van der Waals surface area contributed by atoms with Gasteiger partial charge in [-0.15, -0.1) is 0 Å². The van der Waals surface area contributed by atoms with Gasteiger partial charge in [0.05, 0.1) is 0 Å². The molecule has 18 heavy (non-hydrogen) atoms. The Morgan fingerprint density at radius 3 is 2.94 bits per heavy atom. The third-order valence-electron chi connectivity index (χ3n) is 2.79. The molecule has 2 aromatic rings. The SMILES string of the molecule is CCc1nccn1Cc1cc(F)ccc1C(N)=S. The highest BCUT2D eigenvalue weighted by Crippen LogP contribution is 2.14. The molecule has 1 aromatic heterocycles. The Bertz CT molecular complexity index is 577. The fraction of sp³-hybridized carbons (Fsp3) is 0.231. The maximum absolute atomic E-state index is 13.3. The van der Waals surface area contributed by atoms with Crippen molar-refractivity contribution in [2.24, 2.45) is 5.73 Å². The van der Waals surface area contributed by atoms with E-state index >= 15 is 0 Å². The number of benzene rings is 1. The van der Waals surface area contributed by atoms with Crippen molar-refractivity contribution in [3.05, 3.63) is 53.4 Å². The zero-order valence-electron chi connectivity index (χ0n) is 10.1. The third kappa shape index (κ3) is 2.56. The average Bonchev–Trinajstić information content (AvgIpc) is 2.76. The van der Waals surface area contributed by atoms with Gasteiger partial charge in [0.1, 0.15) is 16.6 Å². The van der Waals surface area contributed by atoms with Crippen LogP contribution in [0.15, 0.2) is 30.6 Å². The quantitative estimate of drug-likeness (QED) is 0.861. The van der Waals surface area contributed by atoms with Crippen LogP contribution in [0.3, 0.4) is 0 Å². The first-order chi connectivity index (χ1) is 8.61. The second-order valence-corrected chi connectivity index (χ2v) is 4.43. The predicted octanol–water partition coefficient (Wildman–Crippen LogP) is 2.27. The fourth-order valence-corrected chi connectivity index (χ4v) is 2.11. The van der Waals surface area contributed by atoms with E-state index in [9.17, 15) is 4.39 Å². The van der Waals surface area contributed by atoms with Crippen LogP contribution in [0.1, 0.15) is 23.9 Å². The Balaban J connectivity index is 2.39. The predicted molar refractivity (Wildman–Crippen MR) is 73.0 cm³/mol. The maximum Gasteiger partial charge on any atom is 0.123 e. The van der Waals surface area contributed by atoms with E-state index in [2.05, 4.69) is 4.98 Å². The summed E-state index contributed by atoms with van der Waals surface area (Å²) in [6.45, 7) is 2.55. The summed E-state index contributed by atoms with van der Waals surface area (Å²) in [4.78, 5) is 4.51. The Morgan fingerprint density at radius 1 is 1.50 bits per heavy atom. The summed E-state index contributed by atoms with van der Waals surface area (Å²) < 4.78 is 15.3. The summed E-state index contributed by atoms with van der Waals surface area (Å²) in [6.07, 6.45) is 4.43. The summed E-state index contributed by atoms with van der Waals surface area (Å²) in [7, 11) is 0. The lowest BCUT2D eigenvalue weighted by molar-refractivity contribution is 0.622. The lowest BCUT2D eigenvalue weighted by Crippen LogP contribution is -2.15. The molecule has 0 fully saturated rings. The summed E-state index contributed by atoms with van der Waals surface area (Å²) in [5.41, 5.74) is 7.13. The van der Waals surface area contributed by atoms with Crippen molar-refractivity contribution in [1.29, 1.82) is 0 Å². The van der Waals surface area contributed by atoms with Crippen LogP contribution in [0.5, 0.6) is 0 Å². The number of thiocarbonyl (C=S) groups is 1. The zero-order valence-corrected chi connectivity index (χ0v) is 10.9. The minimum atomic E-state index is -0.289. The molecule has 0 radical (unpaired) electrons. The van der Waals surface area contributed by atoms with Gasteiger partial charge in [-0.05, 0) is 23.8 Å². The van der Waals surface area contributed by atoms with Crippen molar-refractivity contribution in [2.45, 2.75) is 19.9 Å². The number of halogens is 1. The molecular weight excluding hydrogens is 249 g/mol. The number of aryl methyl sites for hydroxylation is 1. The summed E-state index contributed by atoms with van der Waals surface area (Å²) in [5, 5.41) is 0. The van der Waals surface area contributed by atoms with Crippen LogP contribution < -0.4 is 5.73 Å². The molecule has 0 atom stereocenters. The van der Waals surface area contributed by atoms with Crippen LogP contribution in [0.4, 0.5) is 4.39 Å². The van der Waals surface area contributed by atoms with Gasteiger partial charge >= 0.3 is 0 Å². The molecule has 0 bridgehead atoms. The van der Waals surface area contributed by atoms with Gasteiger partial charge in [-0.3, -0.25) is 0 Å². The molecule has 1 heterocycles. The van der Waals surface area contributed by atoms with Gasteiger partial charge < -0.3 is 10.3 Å². The summed E-state index contributed by atoms with van der Waals surface area (Å²) in [5.74, 6) is 0.663. The molecule has 0 spiro atoms. The van der Waals surface area contributed by atoms with Crippen LogP contribution in [0.2, 0.25) is 0 Å². The van der Waals surface area contributed by atoms with Gasteiger partial charge in [-0.1, -0.05) is 19.1 Å². The number of rotatable bonds is 4. The number of nitrogens with zero attached hydrogens (tertiary/aromatic N) is 2. The van der Waals surface area contributed by atoms with Gasteiger partial charge in [0.2, 0.25) is 0 Å². The standard InChI is InChI=1S/C13H14FN3S/c1-2-12-16-5-6-17(12)8-9-7-10(14)3-4-11(9)13(15)18/h3-7H,2,8H2,1H3,(H2,15,18). The molecular formula is C13H14FN3S. The molecule has 2 rings (SSSR count). The van der Waals surface area contributed by atoms with Gasteiger partial charge in [0, 0.05) is 30.9 Å². The van der Waals surface area contributed by atoms with E-state index in [1.54, 1.807) is 12.3 Å². The average molecular weight is 263 g/mol. The van der Waals surface area contributed by atoms with E-state index < -0.39 is 0 Å². The van der Waals surface area contributed by atoms with Crippen molar-refractivity contribution < 1.29 is 4.39 Å². The highest BCUT2D eigenvalue weighted by Gasteiger charge is 2.09. The number of aromatic nitrogens is 2. The van der Waals surface area contributed by atoms with Crippen molar-refractivity contribution in [3.8, 4) is 0 Å². The van der Waals surface area contributed by atoms with Crippen molar-refractivity contribution in [3.63, 3.8) is 0 Å². The van der Waals surface area contributed by atoms with E-state index in [0.717, 1.165) is 17.8 Å². The van der Waals surface area contributed by atoms with Crippen molar-refractivity contribution in [2.75, 3.05) is 0 Å². The molecule has 0 aliphatic rings. The topological polar surface area (TPSA) is 43.8 Å². The zero-order chi connectivity index (χ0) is 13.1. The molecule has 0 aliphatic carbocycles. The van der Waals surface area contributed by atoms with Crippen molar-refractivity contribution >= 4 is 17.2 Å². The molecule has 0 saturated heterocycles.